The van der Waals surface area contributed by atoms with Crippen LogP contribution in [-0.4, -0.2) is 68.2 Å². The Morgan fingerprint density at radius 1 is 1.38 bits per heavy atom. The topological polar surface area (TPSA) is 59.1 Å². The molecule has 2 heterocycles. The maximum absolute atomic E-state index is 12.8. The predicted octanol–water partition coefficient (Wildman–Crippen LogP) is 0.909. The van der Waals surface area contributed by atoms with E-state index in [1.165, 1.54) is 0 Å². The third kappa shape index (κ3) is 3.03. The molecule has 130 valence electrons. The van der Waals surface area contributed by atoms with E-state index in [2.05, 4.69) is 0 Å². The molecule has 2 fully saturated rings. The largest absolute Gasteiger partial charge is 0.383 e. The standard InChI is InChI=1S/C18H24N2O4/c1-19(17(22)18(11-23-2)12-24-13-18)15-8-9-20(16(15)21)10-14-6-4-3-5-7-14/h3-7,15H,8-13H2,1-2H3. The summed E-state index contributed by atoms with van der Waals surface area (Å²) in [6.45, 7) is 2.30. The van der Waals surface area contributed by atoms with Crippen LogP contribution in [0.3, 0.4) is 0 Å². The van der Waals surface area contributed by atoms with Gasteiger partial charge in [0.1, 0.15) is 11.5 Å². The molecule has 1 unspecified atom stereocenters. The van der Waals surface area contributed by atoms with Gasteiger partial charge < -0.3 is 19.3 Å². The average molecular weight is 332 g/mol. The van der Waals surface area contributed by atoms with Gasteiger partial charge in [0, 0.05) is 27.2 Å². The molecule has 2 aliphatic heterocycles. The van der Waals surface area contributed by atoms with E-state index in [0.717, 1.165) is 5.56 Å². The van der Waals surface area contributed by atoms with E-state index in [0.29, 0.717) is 39.3 Å². The third-order valence-electron chi connectivity index (χ3n) is 4.90. The fourth-order valence-corrected chi connectivity index (χ4v) is 3.45. The van der Waals surface area contributed by atoms with Gasteiger partial charge in [-0.05, 0) is 12.0 Å². The Balaban J connectivity index is 1.65. The lowest BCUT2D eigenvalue weighted by molar-refractivity contribution is -0.184. The van der Waals surface area contributed by atoms with Gasteiger partial charge in [-0.25, -0.2) is 0 Å². The summed E-state index contributed by atoms with van der Waals surface area (Å²) >= 11 is 0. The number of ether oxygens (including phenoxy) is 2. The molecule has 0 aromatic heterocycles. The smallest absolute Gasteiger partial charge is 0.245 e. The van der Waals surface area contributed by atoms with E-state index in [-0.39, 0.29) is 11.8 Å². The minimum absolute atomic E-state index is 0.0162. The van der Waals surface area contributed by atoms with Crippen LogP contribution in [0.2, 0.25) is 0 Å². The van der Waals surface area contributed by atoms with Crippen LogP contribution in [0.1, 0.15) is 12.0 Å². The van der Waals surface area contributed by atoms with Crippen molar-refractivity contribution in [3.05, 3.63) is 35.9 Å². The van der Waals surface area contributed by atoms with Crippen molar-refractivity contribution in [3.8, 4) is 0 Å². The van der Waals surface area contributed by atoms with Crippen LogP contribution in [0, 0.1) is 5.41 Å². The van der Waals surface area contributed by atoms with Crippen LogP contribution in [0.15, 0.2) is 30.3 Å². The van der Waals surface area contributed by atoms with Gasteiger partial charge in [0.25, 0.3) is 0 Å². The average Bonchev–Trinajstić information content (AvgIpc) is 2.91. The van der Waals surface area contributed by atoms with E-state index < -0.39 is 11.5 Å². The molecule has 0 radical (unpaired) electrons. The highest BCUT2D eigenvalue weighted by molar-refractivity contribution is 5.91. The highest BCUT2D eigenvalue weighted by Crippen LogP contribution is 2.32. The Morgan fingerprint density at radius 2 is 2.08 bits per heavy atom. The Hall–Kier alpha value is -1.92. The van der Waals surface area contributed by atoms with Crippen molar-refractivity contribution in [2.75, 3.05) is 40.5 Å². The van der Waals surface area contributed by atoms with Crippen molar-refractivity contribution < 1.29 is 19.1 Å². The Labute approximate surface area is 142 Å². The van der Waals surface area contributed by atoms with Crippen molar-refractivity contribution in [3.63, 3.8) is 0 Å². The van der Waals surface area contributed by atoms with Crippen molar-refractivity contribution >= 4 is 11.8 Å². The lowest BCUT2D eigenvalue weighted by Gasteiger charge is -2.42. The third-order valence-corrected chi connectivity index (χ3v) is 4.90. The first-order valence-corrected chi connectivity index (χ1v) is 8.24. The zero-order valence-electron chi connectivity index (χ0n) is 14.2. The monoisotopic (exact) mass is 332 g/mol. The molecule has 0 bridgehead atoms. The Bertz CT molecular complexity index is 600. The SMILES string of the molecule is COCC1(C(=O)N(C)C2CCN(Cc3ccccc3)C2=O)COC1. The van der Waals surface area contributed by atoms with E-state index in [1.54, 1.807) is 19.1 Å². The minimum atomic E-state index is -0.628. The second-order valence-electron chi connectivity index (χ2n) is 6.67. The first kappa shape index (κ1) is 16.9. The second-order valence-corrected chi connectivity index (χ2v) is 6.67. The molecule has 3 rings (SSSR count). The number of carbonyl (C=O) groups excluding carboxylic acids is 2. The molecule has 2 amide bonds. The molecule has 1 aromatic rings. The molecule has 6 nitrogen and oxygen atoms in total. The summed E-state index contributed by atoms with van der Waals surface area (Å²) in [5, 5.41) is 0. The summed E-state index contributed by atoms with van der Waals surface area (Å²) in [6, 6.07) is 9.52. The molecule has 6 heteroatoms. The number of rotatable bonds is 6. The highest BCUT2D eigenvalue weighted by atomic mass is 16.5. The van der Waals surface area contributed by atoms with Crippen molar-refractivity contribution in [1.29, 1.82) is 0 Å². The van der Waals surface area contributed by atoms with E-state index in [4.69, 9.17) is 9.47 Å². The maximum atomic E-state index is 12.8. The number of likely N-dealkylation sites (N-methyl/N-ethyl adjacent to an activating group) is 1. The van der Waals surface area contributed by atoms with Gasteiger partial charge >= 0.3 is 0 Å². The van der Waals surface area contributed by atoms with Crippen LogP contribution in [0.5, 0.6) is 0 Å². The summed E-state index contributed by atoms with van der Waals surface area (Å²) in [6.07, 6.45) is 0.665. The summed E-state index contributed by atoms with van der Waals surface area (Å²) in [5.41, 5.74) is 0.472. The van der Waals surface area contributed by atoms with Crippen molar-refractivity contribution in [2.24, 2.45) is 5.41 Å². The molecule has 1 atom stereocenters. The van der Waals surface area contributed by atoms with Crippen LogP contribution < -0.4 is 0 Å². The number of likely N-dealkylation sites (tertiary alicyclic amines) is 1. The number of methoxy groups -OCH3 is 1. The Kier molecular flexibility index (Phi) is 4.87. The van der Waals surface area contributed by atoms with Gasteiger partial charge in [0.2, 0.25) is 11.8 Å². The van der Waals surface area contributed by atoms with Crippen LogP contribution in [0.4, 0.5) is 0 Å². The predicted molar refractivity (Wildman–Crippen MR) is 88.2 cm³/mol. The van der Waals surface area contributed by atoms with Crippen molar-refractivity contribution in [1.82, 2.24) is 9.80 Å². The van der Waals surface area contributed by atoms with Gasteiger partial charge in [0.15, 0.2) is 0 Å². The highest BCUT2D eigenvalue weighted by Gasteiger charge is 2.50. The Morgan fingerprint density at radius 3 is 2.67 bits per heavy atom. The van der Waals surface area contributed by atoms with E-state index in [9.17, 15) is 9.59 Å². The molecule has 1 aromatic carbocycles. The van der Waals surface area contributed by atoms with Gasteiger partial charge in [-0.2, -0.15) is 0 Å². The zero-order valence-corrected chi connectivity index (χ0v) is 14.2. The molecule has 2 aliphatic rings. The molecular formula is C18H24N2O4. The zero-order chi connectivity index (χ0) is 17.2. The number of amides is 2. The summed E-state index contributed by atoms with van der Waals surface area (Å²) < 4.78 is 10.4. The molecule has 0 saturated carbocycles. The fourth-order valence-electron chi connectivity index (χ4n) is 3.45. The number of nitrogens with zero attached hydrogens (tertiary/aromatic N) is 2. The van der Waals surface area contributed by atoms with E-state index >= 15 is 0 Å². The lowest BCUT2D eigenvalue weighted by atomic mass is 9.85. The van der Waals surface area contributed by atoms with Crippen LogP contribution >= 0.6 is 0 Å². The van der Waals surface area contributed by atoms with Gasteiger partial charge in [0.05, 0.1) is 19.8 Å². The van der Waals surface area contributed by atoms with Crippen LogP contribution in [-0.2, 0) is 25.6 Å². The van der Waals surface area contributed by atoms with Gasteiger partial charge in [-0.15, -0.1) is 0 Å². The molecule has 0 N–H and O–H groups in total. The maximum Gasteiger partial charge on any atom is 0.245 e. The van der Waals surface area contributed by atoms with Crippen molar-refractivity contribution in [2.45, 2.75) is 19.0 Å². The minimum Gasteiger partial charge on any atom is -0.383 e. The number of hydrogen-bond donors (Lipinski definition) is 0. The quantitative estimate of drug-likeness (QED) is 0.777. The van der Waals surface area contributed by atoms with Gasteiger partial charge in [-0.1, -0.05) is 30.3 Å². The first-order chi connectivity index (χ1) is 11.6. The molecular weight excluding hydrogens is 308 g/mol. The van der Waals surface area contributed by atoms with Gasteiger partial charge in [-0.3, -0.25) is 9.59 Å². The molecule has 0 aliphatic carbocycles. The summed E-state index contributed by atoms with van der Waals surface area (Å²) in [4.78, 5) is 29.0. The number of carbonyl (C=O) groups is 2. The molecule has 2 saturated heterocycles. The molecule has 0 spiro atoms. The normalized spacial score (nSPS) is 22.3. The summed E-state index contributed by atoms with van der Waals surface area (Å²) in [7, 11) is 3.29. The number of benzene rings is 1. The number of hydrogen-bond acceptors (Lipinski definition) is 4. The molecule has 24 heavy (non-hydrogen) atoms. The first-order valence-electron chi connectivity index (χ1n) is 8.24. The van der Waals surface area contributed by atoms with E-state index in [1.807, 2.05) is 35.2 Å². The summed E-state index contributed by atoms with van der Waals surface area (Å²) in [5.74, 6) is -0.0435. The van der Waals surface area contributed by atoms with Crippen LogP contribution in [0.25, 0.3) is 0 Å². The lowest BCUT2D eigenvalue weighted by Crippen LogP contribution is -2.59. The fraction of sp³-hybridized carbons (Fsp3) is 0.556. The second kappa shape index (κ2) is 6.91.